The van der Waals surface area contributed by atoms with Gasteiger partial charge in [0.05, 0.1) is 29.1 Å². The lowest BCUT2D eigenvalue weighted by atomic mass is 10.1. The zero-order chi connectivity index (χ0) is 23.5. The van der Waals surface area contributed by atoms with E-state index < -0.39 is 6.10 Å². The number of anilines is 3. The number of amides is 1. The topological polar surface area (TPSA) is 124 Å². The number of furan rings is 1. The number of nitrogens with one attached hydrogen (secondary N) is 2. The quantitative estimate of drug-likeness (QED) is 0.300. The second-order valence-corrected chi connectivity index (χ2v) is 8.74. The van der Waals surface area contributed by atoms with Crippen LogP contribution in [0.4, 0.5) is 17.3 Å². The highest BCUT2D eigenvalue weighted by atomic mass is 32.1. The van der Waals surface area contributed by atoms with Gasteiger partial charge in [0.1, 0.15) is 17.6 Å². The van der Waals surface area contributed by atoms with Crippen LogP contribution in [0.3, 0.4) is 0 Å². The Morgan fingerprint density at radius 2 is 2.09 bits per heavy atom. The zero-order valence-corrected chi connectivity index (χ0v) is 19.4. The fourth-order valence-corrected chi connectivity index (χ4v) is 4.28. The highest BCUT2D eigenvalue weighted by Crippen LogP contribution is 2.35. The van der Waals surface area contributed by atoms with E-state index in [1.807, 2.05) is 26.0 Å². The number of hydrogen-bond acceptors (Lipinski definition) is 9. The summed E-state index contributed by atoms with van der Waals surface area (Å²) in [6.07, 6.45) is 0.858. The molecule has 9 nitrogen and oxygen atoms in total. The Hall–Kier alpha value is -3.37. The lowest BCUT2D eigenvalue weighted by Gasteiger charge is -2.30. The number of phenolic OH excluding ortho intramolecular Hbond substituents is 1. The Morgan fingerprint density at radius 3 is 2.79 bits per heavy atom. The molecule has 1 saturated heterocycles. The van der Waals surface area contributed by atoms with E-state index in [0.717, 1.165) is 29.5 Å². The van der Waals surface area contributed by atoms with Gasteiger partial charge < -0.3 is 30.2 Å². The summed E-state index contributed by atoms with van der Waals surface area (Å²) in [5.74, 6) is 1.87. The summed E-state index contributed by atoms with van der Waals surface area (Å²) < 4.78 is 14.4. The molecule has 174 valence electrons. The first-order valence-electron chi connectivity index (χ1n) is 10.7. The van der Waals surface area contributed by atoms with Gasteiger partial charge in [0.25, 0.3) is 5.91 Å². The maximum absolute atomic E-state index is 12.9. The van der Waals surface area contributed by atoms with Crippen molar-refractivity contribution >= 4 is 35.0 Å². The minimum atomic E-state index is -0.542. The van der Waals surface area contributed by atoms with Gasteiger partial charge >= 0.3 is 0 Å². The van der Waals surface area contributed by atoms with Crippen molar-refractivity contribution in [3.63, 3.8) is 0 Å². The molecule has 3 aromatic rings. The molecular formula is C23H27N5O4S. The van der Waals surface area contributed by atoms with Crippen LogP contribution in [0.5, 0.6) is 5.75 Å². The summed E-state index contributed by atoms with van der Waals surface area (Å²) in [6.45, 7) is 8.61. The van der Waals surface area contributed by atoms with Crippen molar-refractivity contribution in [2.75, 3.05) is 23.7 Å². The molecule has 2 atom stereocenters. The Balaban J connectivity index is 1.55. The lowest BCUT2D eigenvalue weighted by molar-refractivity contribution is 0.0471. The third-order valence-corrected chi connectivity index (χ3v) is 6.04. The van der Waals surface area contributed by atoms with Gasteiger partial charge in [-0.15, -0.1) is 0 Å². The SMILES string of the molecule is C=C(C)C(Nc1nsnc1Nc1cccc(C(=O)N2CCCC(O)C2)c1O)c1ccc(C)o1. The number of phenols is 1. The Morgan fingerprint density at radius 1 is 1.30 bits per heavy atom. The third-order valence-electron chi connectivity index (χ3n) is 5.51. The molecule has 10 heteroatoms. The summed E-state index contributed by atoms with van der Waals surface area (Å²) in [4.78, 5) is 14.5. The predicted molar refractivity (Wildman–Crippen MR) is 127 cm³/mol. The molecule has 1 aromatic carbocycles. The van der Waals surface area contributed by atoms with E-state index in [4.69, 9.17) is 4.42 Å². The standard InChI is InChI=1S/C23H27N5O4S/c1-13(2)19(18-10-9-14(3)32-18)25-22-21(26-33-27-22)24-17-8-4-7-16(20(17)30)23(31)28-11-5-6-15(29)12-28/h4,7-10,15,19,29-30H,1,5-6,11-12H2,2-3H3,(H,24,26)(H,25,27). The molecule has 0 bridgehead atoms. The van der Waals surface area contributed by atoms with Crippen LogP contribution < -0.4 is 10.6 Å². The van der Waals surface area contributed by atoms with Crippen LogP contribution in [-0.2, 0) is 0 Å². The molecule has 2 unspecified atom stereocenters. The van der Waals surface area contributed by atoms with Crippen molar-refractivity contribution in [2.24, 2.45) is 0 Å². The van der Waals surface area contributed by atoms with Crippen molar-refractivity contribution in [1.29, 1.82) is 0 Å². The van der Waals surface area contributed by atoms with E-state index in [-0.39, 0.29) is 29.8 Å². The number of carbonyl (C=O) groups excluding carboxylic acids is 1. The van der Waals surface area contributed by atoms with E-state index in [0.29, 0.717) is 36.0 Å². The summed E-state index contributed by atoms with van der Waals surface area (Å²) in [7, 11) is 0. The molecule has 1 aliphatic heterocycles. The highest BCUT2D eigenvalue weighted by Gasteiger charge is 2.26. The first-order valence-corrected chi connectivity index (χ1v) is 11.4. The third kappa shape index (κ3) is 5.01. The van der Waals surface area contributed by atoms with Gasteiger partial charge in [-0.05, 0) is 51.0 Å². The normalized spacial score (nSPS) is 16.9. The first kappa shape index (κ1) is 22.8. The molecule has 0 radical (unpaired) electrons. The van der Waals surface area contributed by atoms with Crippen LogP contribution >= 0.6 is 11.7 Å². The number of nitrogens with zero attached hydrogens (tertiary/aromatic N) is 3. The van der Waals surface area contributed by atoms with Crippen LogP contribution in [0.2, 0.25) is 0 Å². The minimum Gasteiger partial charge on any atom is -0.505 e. The number of likely N-dealkylation sites (tertiary alicyclic amines) is 1. The van der Waals surface area contributed by atoms with Crippen LogP contribution in [0.15, 0.2) is 46.9 Å². The number of rotatable bonds is 7. The van der Waals surface area contributed by atoms with Gasteiger partial charge in [0.2, 0.25) is 0 Å². The van der Waals surface area contributed by atoms with Crippen molar-refractivity contribution < 1.29 is 19.4 Å². The summed E-state index contributed by atoms with van der Waals surface area (Å²) >= 11 is 1.01. The van der Waals surface area contributed by atoms with Crippen molar-refractivity contribution in [2.45, 2.75) is 38.8 Å². The number of β-amino-alcohol motifs (C(OH)–C–C–N with tert-alkyl or cyclic N) is 1. The van der Waals surface area contributed by atoms with E-state index in [9.17, 15) is 15.0 Å². The summed E-state index contributed by atoms with van der Waals surface area (Å²) in [6, 6.07) is 8.37. The number of aliphatic hydroxyl groups is 1. The number of aromatic hydroxyl groups is 1. The molecule has 4 rings (SSSR count). The Kier molecular flexibility index (Phi) is 6.66. The van der Waals surface area contributed by atoms with Gasteiger partial charge in [0.15, 0.2) is 17.4 Å². The summed E-state index contributed by atoms with van der Waals surface area (Å²) in [5.41, 5.74) is 1.33. The number of aromatic nitrogens is 2. The van der Waals surface area contributed by atoms with Gasteiger partial charge in [0, 0.05) is 13.1 Å². The molecular weight excluding hydrogens is 442 g/mol. The Bertz CT molecular complexity index is 1160. The molecule has 2 aromatic heterocycles. The van der Waals surface area contributed by atoms with Crippen molar-refractivity contribution in [3.8, 4) is 5.75 Å². The van der Waals surface area contributed by atoms with Gasteiger partial charge in [-0.2, -0.15) is 8.75 Å². The minimum absolute atomic E-state index is 0.165. The first-order chi connectivity index (χ1) is 15.8. The highest BCUT2D eigenvalue weighted by molar-refractivity contribution is 6.99. The van der Waals surface area contributed by atoms with Gasteiger partial charge in [-0.25, -0.2) is 0 Å². The monoisotopic (exact) mass is 469 g/mol. The molecule has 0 saturated carbocycles. The number of aryl methyl sites for hydroxylation is 1. The van der Waals surface area contributed by atoms with Crippen LogP contribution in [-0.4, -0.2) is 49.0 Å². The Labute approximate surface area is 196 Å². The van der Waals surface area contributed by atoms with E-state index in [1.165, 1.54) is 0 Å². The predicted octanol–water partition coefficient (Wildman–Crippen LogP) is 4.21. The molecule has 1 amide bonds. The molecule has 3 heterocycles. The smallest absolute Gasteiger partial charge is 0.257 e. The molecule has 1 fully saturated rings. The fraction of sp³-hybridized carbons (Fsp3) is 0.348. The number of para-hydroxylation sites is 1. The lowest BCUT2D eigenvalue weighted by Crippen LogP contribution is -2.42. The fourth-order valence-electron chi connectivity index (χ4n) is 3.80. The van der Waals surface area contributed by atoms with E-state index in [1.54, 1.807) is 23.1 Å². The number of carbonyl (C=O) groups is 1. The van der Waals surface area contributed by atoms with Crippen LogP contribution in [0.1, 0.15) is 47.7 Å². The van der Waals surface area contributed by atoms with Crippen molar-refractivity contribution in [3.05, 3.63) is 59.6 Å². The number of aliphatic hydroxyl groups excluding tert-OH is 1. The van der Waals surface area contributed by atoms with Crippen molar-refractivity contribution in [1.82, 2.24) is 13.6 Å². The van der Waals surface area contributed by atoms with Gasteiger partial charge in [-0.1, -0.05) is 18.2 Å². The second kappa shape index (κ2) is 9.63. The molecule has 0 spiro atoms. The van der Waals surface area contributed by atoms with E-state index >= 15 is 0 Å². The van der Waals surface area contributed by atoms with Crippen LogP contribution in [0.25, 0.3) is 0 Å². The number of benzene rings is 1. The second-order valence-electron chi connectivity index (χ2n) is 8.21. The van der Waals surface area contributed by atoms with Gasteiger partial charge in [-0.3, -0.25) is 4.79 Å². The summed E-state index contributed by atoms with van der Waals surface area (Å²) in [5, 5.41) is 27.1. The zero-order valence-electron chi connectivity index (χ0n) is 18.5. The average molecular weight is 470 g/mol. The van der Waals surface area contributed by atoms with Crippen LogP contribution in [0, 0.1) is 6.92 Å². The largest absolute Gasteiger partial charge is 0.505 e. The van der Waals surface area contributed by atoms with E-state index in [2.05, 4.69) is 26.0 Å². The molecule has 0 aliphatic carbocycles. The number of hydrogen-bond donors (Lipinski definition) is 4. The average Bonchev–Trinajstić information content (AvgIpc) is 3.41. The maximum Gasteiger partial charge on any atom is 0.257 e. The molecule has 33 heavy (non-hydrogen) atoms. The molecule has 1 aliphatic rings. The maximum atomic E-state index is 12.9. The number of piperidine rings is 1. The molecule has 4 N–H and O–H groups in total.